The summed E-state index contributed by atoms with van der Waals surface area (Å²) >= 11 is 0. The SMILES string of the molecule is CC(C)c1cccc(C(C)C)c1C(=O)NC(C)c1cccc(C(C)NC(=O)c2c(C(C)C)cccc2C(C)C)n1.[Cl-].[Cl-].[Fe+2]. The maximum Gasteiger partial charge on any atom is 2.00 e. The van der Waals surface area contributed by atoms with Gasteiger partial charge in [-0.15, -0.1) is 0 Å². The minimum Gasteiger partial charge on any atom is -1.00 e. The summed E-state index contributed by atoms with van der Waals surface area (Å²) in [6.07, 6.45) is 0. The summed E-state index contributed by atoms with van der Waals surface area (Å²) in [6.45, 7) is 20.8. The van der Waals surface area contributed by atoms with Crippen LogP contribution in [0.15, 0.2) is 54.6 Å². The molecule has 1 aromatic heterocycles. The number of benzene rings is 2. The van der Waals surface area contributed by atoms with Gasteiger partial charge in [-0.1, -0.05) is 97.9 Å². The van der Waals surface area contributed by atoms with Gasteiger partial charge in [-0.05, 0) is 71.9 Å². The fourth-order valence-electron chi connectivity index (χ4n) is 5.26. The predicted molar refractivity (Wildman–Crippen MR) is 165 cm³/mol. The molecule has 8 heteroatoms. The molecule has 0 aliphatic heterocycles. The van der Waals surface area contributed by atoms with E-state index < -0.39 is 0 Å². The van der Waals surface area contributed by atoms with Gasteiger partial charge < -0.3 is 35.4 Å². The smallest absolute Gasteiger partial charge is 1.00 e. The Labute approximate surface area is 282 Å². The molecule has 0 aliphatic rings. The Balaban J connectivity index is 0.00000588. The number of aromatic nitrogens is 1. The van der Waals surface area contributed by atoms with E-state index in [2.05, 4.69) is 66.0 Å². The normalized spacial score (nSPS) is 12.2. The van der Waals surface area contributed by atoms with E-state index in [-0.39, 0.29) is 89.5 Å². The van der Waals surface area contributed by atoms with E-state index in [1.807, 2.05) is 68.4 Å². The van der Waals surface area contributed by atoms with Gasteiger partial charge in [0.05, 0.1) is 23.5 Å². The predicted octanol–water partition coefficient (Wildman–Crippen LogP) is 2.56. The maximum atomic E-state index is 13.6. The van der Waals surface area contributed by atoms with Crippen LogP contribution in [0.2, 0.25) is 0 Å². The summed E-state index contributed by atoms with van der Waals surface area (Å²) in [5, 5.41) is 6.37. The molecule has 43 heavy (non-hydrogen) atoms. The van der Waals surface area contributed by atoms with E-state index in [9.17, 15) is 9.59 Å². The van der Waals surface area contributed by atoms with E-state index in [1.165, 1.54) is 0 Å². The van der Waals surface area contributed by atoms with Crippen LogP contribution in [-0.2, 0) is 17.1 Å². The third kappa shape index (κ3) is 9.81. The first-order valence-corrected chi connectivity index (χ1v) is 14.7. The molecule has 0 spiro atoms. The third-order valence-electron chi connectivity index (χ3n) is 7.57. The van der Waals surface area contributed by atoms with Gasteiger partial charge in [-0.25, -0.2) is 0 Å². The molecule has 2 N–H and O–H groups in total. The number of rotatable bonds is 10. The van der Waals surface area contributed by atoms with Gasteiger partial charge in [0, 0.05) is 11.1 Å². The van der Waals surface area contributed by atoms with Gasteiger partial charge in [-0.2, -0.15) is 0 Å². The molecular formula is C35H47Cl2FeN3O2. The minimum absolute atomic E-state index is 0. The van der Waals surface area contributed by atoms with Crippen molar-refractivity contribution in [3.05, 3.63) is 99.4 Å². The van der Waals surface area contributed by atoms with E-state index in [1.54, 1.807) is 0 Å². The maximum absolute atomic E-state index is 13.6. The van der Waals surface area contributed by atoms with Crippen molar-refractivity contribution in [2.24, 2.45) is 0 Å². The van der Waals surface area contributed by atoms with Crippen molar-refractivity contribution >= 4 is 11.8 Å². The van der Waals surface area contributed by atoms with E-state index in [0.29, 0.717) is 0 Å². The van der Waals surface area contributed by atoms with Crippen molar-refractivity contribution in [3.8, 4) is 0 Å². The Morgan fingerprint density at radius 2 is 0.767 bits per heavy atom. The van der Waals surface area contributed by atoms with Crippen LogP contribution in [0.5, 0.6) is 0 Å². The molecule has 3 rings (SSSR count). The van der Waals surface area contributed by atoms with Crippen molar-refractivity contribution < 1.29 is 51.5 Å². The van der Waals surface area contributed by atoms with E-state index >= 15 is 0 Å². The van der Waals surface area contributed by atoms with Gasteiger partial charge in [0.2, 0.25) is 0 Å². The van der Waals surface area contributed by atoms with Crippen molar-refractivity contribution in [1.29, 1.82) is 0 Å². The van der Waals surface area contributed by atoms with Gasteiger partial charge in [0.1, 0.15) is 0 Å². The average molecular weight is 669 g/mol. The molecule has 5 nitrogen and oxygen atoms in total. The van der Waals surface area contributed by atoms with Crippen molar-refractivity contribution in [1.82, 2.24) is 15.6 Å². The monoisotopic (exact) mass is 667 g/mol. The first kappa shape index (κ1) is 40.6. The first-order chi connectivity index (χ1) is 18.8. The number of carbonyl (C=O) groups excluding carboxylic acids is 2. The van der Waals surface area contributed by atoms with Gasteiger partial charge in [0.25, 0.3) is 11.8 Å². The van der Waals surface area contributed by atoms with E-state index in [0.717, 1.165) is 44.8 Å². The largest absolute Gasteiger partial charge is 2.00 e. The van der Waals surface area contributed by atoms with Crippen molar-refractivity contribution in [3.63, 3.8) is 0 Å². The number of hydrogen-bond donors (Lipinski definition) is 2. The standard InChI is InChI=1S/C35H47N3O2.2ClH.Fe/c1-20(2)26-14-11-15-27(21(3)4)32(26)34(39)36-24(9)30-18-13-19-31(38-30)25(10)37-35(40)33-28(22(5)6)16-12-17-29(33)23(7)8;;;/h11-25H,1-10H3,(H,36,39)(H,37,40);2*1H;/q;;;+2/p-2. The molecule has 0 aliphatic carbocycles. The fourth-order valence-corrected chi connectivity index (χ4v) is 5.26. The van der Waals surface area contributed by atoms with Crippen LogP contribution in [0.3, 0.4) is 0 Å². The molecule has 1 heterocycles. The summed E-state index contributed by atoms with van der Waals surface area (Å²) in [6, 6.07) is 17.4. The average Bonchev–Trinajstić information content (AvgIpc) is 2.91. The number of nitrogens with one attached hydrogen (secondary N) is 2. The van der Waals surface area contributed by atoms with Crippen molar-refractivity contribution in [2.75, 3.05) is 0 Å². The zero-order valence-electron chi connectivity index (χ0n) is 27.0. The number of nitrogens with zero attached hydrogens (tertiary/aromatic N) is 1. The second-order valence-corrected chi connectivity index (χ2v) is 12.1. The molecule has 2 aromatic carbocycles. The van der Waals surface area contributed by atoms with Gasteiger partial charge in [-0.3, -0.25) is 14.6 Å². The Hall–Kier alpha value is -2.37. The quantitative estimate of drug-likeness (QED) is 0.327. The Kier molecular flexibility index (Phi) is 16.8. The molecule has 236 valence electrons. The molecule has 2 atom stereocenters. The van der Waals surface area contributed by atoms with Crippen LogP contribution >= 0.6 is 0 Å². The molecule has 0 saturated heterocycles. The van der Waals surface area contributed by atoms with E-state index in [4.69, 9.17) is 4.98 Å². The summed E-state index contributed by atoms with van der Waals surface area (Å²) < 4.78 is 0. The molecule has 0 saturated carbocycles. The Bertz CT molecular complexity index is 1210. The number of amides is 2. The van der Waals surface area contributed by atoms with Crippen LogP contribution in [-0.4, -0.2) is 16.8 Å². The summed E-state index contributed by atoms with van der Waals surface area (Å²) in [5.74, 6) is 0.770. The number of halogens is 2. The number of pyridine rings is 1. The van der Waals surface area contributed by atoms with Crippen LogP contribution in [0.1, 0.15) is 159 Å². The number of hydrogen-bond acceptors (Lipinski definition) is 3. The third-order valence-corrected chi connectivity index (χ3v) is 7.57. The second-order valence-electron chi connectivity index (χ2n) is 12.1. The Morgan fingerprint density at radius 3 is 1.02 bits per heavy atom. The van der Waals surface area contributed by atoms with Crippen LogP contribution in [0.4, 0.5) is 0 Å². The number of carbonyl (C=O) groups is 2. The van der Waals surface area contributed by atoms with Gasteiger partial charge >= 0.3 is 17.1 Å². The molecule has 3 aromatic rings. The Morgan fingerprint density at radius 1 is 0.512 bits per heavy atom. The van der Waals surface area contributed by atoms with Crippen LogP contribution in [0, 0.1) is 0 Å². The summed E-state index contributed by atoms with van der Waals surface area (Å²) in [4.78, 5) is 32.0. The second kappa shape index (κ2) is 17.8. The van der Waals surface area contributed by atoms with Crippen molar-refractivity contribution in [2.45, 2.75) is 105 Å². The fraction of sp³-hybridized carbons (Fsp3) is 0.457. The van der Waals surface area contributed by atoms with Crippen LogP contribution < -0.4 is 35.4 Å². The summed E-state index contributed by atoms with van der Waals surface area (Å²) in [7, 11) is 0. The molecule has 0 fully saturated rings. The molecule has 2 amide bonds. The van der Waals surface area contributed by atoms with Gasteiger partial charge in [0.15, 0.2) is 0 Å². The first-order valence-electron chi connectivity index (χ1n) is 14.7. The topological polar surface area (TPSA) is 71.1 Å². The zero-order chi connectivity index (χ0) is 29.7. The zero-order valence-corrected chi connectivity index (χ0v) is 29.6. The molecule has 2 unspecified atom stereocenters. The minimum atomic E-state index is -0.301. The summed E-state index contributed by atoms with van der Waals surface area (Å²) in [5.41, 5.74) is 7.25. The molecule has 0 radical (unpaired) electrons. The molecular weight excluding hydrogens is 621 g/mol. The molecule has 0 bridgehead atoms. The van der Waals surface area contributed by atoms with Crippen LogP contribution in [0.25, 0.3) is 0 Å².